The lowest BCUT2D eigenvalue weighted by Gasteiger charge is -1.92. The second-order valence-corrected chi connectivity index (χ2v) is 1.82. The molecule has 0 saturated heterocycles. The van der Waals surface area contributed by atoms with Crippen molar-refractivity contribution in [2.75, 3.05) is 0 Å². The van der Waals surface area contributed by atoms with Crippen LogP contribution in [0.5, 0.6) is 0 Å². The third kappa shape index (κ3) is 4.01. The first-order valence-corrected chi connectivity index (χ1v) is 3.29. The zero-order valence-corrected chi connectivity index (χ0v) is 6.06. The molecule has 50 valence electrons. The van der Waals surface area contributed by atoms with Crippen LogP contribution in [0.15, 0.2) is 23.8 Å². The molecule has 0 heteroatoms. The van der Waals surface area contributed by atoms with E-state index in [1.165, 1.54) is 5.57 Å². The SMILES string of the molecule is [CH2]C=CC(=CC[CH2])CC. The van der Waals surface area contributed by atoms with Gasteiger partial charge >= 0.3 is 0 Å². The summed E-state index contributed by atoms with van der Waals surface area (Å²) < 4.78 is 0. The smallest absolute Gasteiger partial charge is 0.0311 e. The van der Waals surface area contributed by atoms with E-state index in [4.69, 9.17) is 0 Å². The Labute approximate surface area is 58.3 Å². The van der Waals surface area contributed by atoms with Gasteiger partial charge in [-0.25, -0.2) is 0 Å². The van der Waals surface area contributed by atoms with Crippen molar-refractivity contribution in [3.8, 4) is 0 Å². The summed E-state index contributed by atoms with van der Waals surface area (Å²) in [5.74, 6) is 0. The van der Waals surface area contributed by atoms with Crippen molar-refractivity contribution in [1.82, 2.24) is 0 Å². The van der Waals surface area contributed by atoms with Gasteiger partial charge in [0.25, 0.3) is 0 Å². The first kappa shape index (κ1) is 8.48. The molecule has 0 fully saturated rings. The fraction of sp³-hybridized carbons (Fsp3) is 0.333. The minimum Gasteiger partial charge on any atom is -0.0840 e. The van der Waals surface area contributed by atoms with Crippen molar-refractivity contribution in [2.24, 2.45) is 0 Å². The molecule has 0 aliphatic carbocycles. The fourth-order valence-electron chi connectivity index (χ4n) is 0.667. The van der Waals surface area contributed by atoms with Gasteiger partial charge in [-0.1, -0.05) is 30.7 Å². The Balaban J connectivity index is 3.81. The Kier molecular flexibility index (Phi) is 5.29. The van der Waals surface area contributed by atoms with Crippen LogP contribution in [0.25, 0.3) is 0 Å². The molecular formula is C9H14. The van der Waals surface area contributed by atoms with Crippen molar-refractivity contribution >= 4 is 0 Å². The van der Waals surface area contributed by atoms with E-state index in [1.807, 2.05) is 12.2 Å². The molecule has 0 rings (SSSR count). The van der Waals surface area contributed by atoms with Gasteiger partial charge in [-0.05, 0) is 26.7 Å². The highest BCUT2D eigenvalue weighted by molar-refractivity contribution is 5.18. The van der Waals surface area contributed by atoms with Gasteiger partial charge in [0.05, 0.1) is 0 Å². The van der Waals surface area contributed by atoms with E-state index in [9.17, 15) is 0 Å². The maximum absolute atomic E-state index is 3.72. The summed E-state index contributed by atoms with van der Waals surface area (Å²) in [7, 11) is 0. The summed E-state index contributed by atoms with van der Waals surface area (Å²) in [6.07, 6.45) is 7.88. The van der Waals surface area contributed by atoms with Crippen molar-refractivity contribution in [1.29, 1.82) is 0 Å². The number of allylic oxidation sites excluding steroid dienone is 4. The summed E-state index contributed by atoms with van der Waals surface area (Å²) in [6.45, 7) is 9.47. The van der Waals surface area contributed by atoms with Crippen LogP contribution < -0.4 is 0 Å². The summed E-state index contributed by atoms with van der Waals surface area (Å²) in [6, 6.07) is 0. The third-order valence-corrected chi connectivity index (χ3v) is 1.15. The van der Waals surface area contributed by atoms with E-state index >= 15 is 0 Å². The van der Waals surface area contributed by atoms with Gasteiger partial charge in [0.2, 0.25) is 0 Å². The molecule has 0 unspecified atom stereocenters. The molecule has 0 aliphatic rings. The highest BCUT2D eigenvalue weighted by Gasteiger charge is 1.82. The van der Waals surface area contributed by atoms with Crippen LogP contribution in [0.4, 0.5) is 0 Å². The maximum atomic E-state index is 3.72. The fourth-order valence-corrected chi connectivity index (χ4v) is 0.667. The summed E-state index contributed by atoms with van der Waals surface area (Å²) in [5, 5.41) is 0. The Morgan fingerprint density at radius 3 is 2.56 bits per heavy atom. The molecule has 0 saturated carbocycles. The number of hydrogen-bond donors (Lipinski definition) is 0. The van der Waals surface area contributed by atoms with E-state index in [2.05, 4.69) is 26.8 Å². The predicted molar refractivity (Wildman–Crippen MR) is 42.8 cm³/mol. The molecule has 0 nitrogen and oxygen atoms in total. The molecule has 0 atom stereocenters. The average Bonchev–Trinajstić information content (AvgIpc) is 1.88. The quantitative estimate of drug-likeness (QED) is 0.505. The zero-order valence-electron chi connectivity index (χ0n) is 6.06. The molecule has 0 aromatic rings. The second kappa shape index (κ2) is 5.61. The van der Waals surface area contributed by atoms with E-state index in [0.717, 1.165) is 12.8 Å². The highest BCUT2D eigenvalue weighted by Crippen LogP contribution is 2.02. The van der Waals surface area contributed by atoms with Gasteiger partial charge in [0.1, 0.15) is 0 Å². The van der Waals surface area contributed by atoms with Crippen molar-refractivity contribution < 1.29 is 0 Å². The second-order valence-electron chi connectivity index (χ2n) is 1.82. The molecule has 0 aliphatic heterocycles. The average molecular weight is 122 g/mol. The monoisotopic (exact) mass is 122 g/mol. The summed E-state index contributed by atoms with van der Waals surface area (Å²) in [4.78, 5) is 0. The van der Waals surface area contributed by atoms with Crippen LogP contribution in [0.2, 0.25) is 0 Å². The topological polar surface area (TPSA) is 0 Å². The van der Waals surface area contributed by atoms with Crippen LogP contribution in [-0.4, -0.2) is 0 Å². The summed E-state index contributed by atoms with van der Waals surface area (Å²) >= 11 is 0. The van der Waals surface area contributed by atoms with Gasteiger partial charge in [-0.3, -0.25) is 0 Å². The molecular weight excluding hydrogens is 108 g/mol. The molecule has 9 heavy (non-hydrogen) atoms. The van der Waals surface area contributed by atoms with Gasteiger partial charge in [-0.15, -0.1) is 0 Å². The lowest BCUT2D eigenvalue weighted by molar-refractivity contribution is 1.12. The Bertz CT molecular complexity index is 107. The molecule has 0 amide bonds. The third-order valence-electron chi connectivity index (χ3n) is 1.15. The number of rotatable bonds is 3. The van der Waals surface area contributed by atoms with E-state index < -0.39 is 0 Å². The first-order valence-electron chi connectivity index (χ1n) is 3.29. The first-order chi connectivity index (χ1) is 4.35. The molecule has 0 spiro atoms. The molecule has 0 aromatic carbocycles. The normalized spacial score (nSPS) is 13.0. The highest BCUT2D eigenvalue weighted by atomic mass is 13.9. The van der Waals surface area contributed by atoms with Crippen LogP contribution in [0.1, 0.15) is 19.8 Å². The van der Waals surface area contributed by atoms with Crippen LogP contribution in [0.3, 0.4) is 0 Å². The Hall–Kier alpha value is -0.520. The maximum Gasteiger partial charge on any atom is -0.0311 e. The van der Waals surface area contributed by atoms with Gasteiger partial charge in [0, 0.05) is 0 Å². The standard InChI is InChI=1S/C9H14/c1-4-7-9(6-3)8-5-2/h4,7-8H,1-2,5-6H2,3H3. The minimum atomic E-state index is 0.869. The largest absolute Gasteiger partial charge is 0.0840 e. The van der Waals surface area contributed by atoms with E-state index in [-0.39, 0.29) is 0 Å². The molecule has 2 radical (unpaired) electrons. The summed E-state index contributed by atoms with van der Waals surface area (Å²) in [5.41, 5.74) is 1.32. The van der Waals surface area contributed by atoms with Crippen molar-refractivity contribution in [3.63, 3.8) is 0 Å². The van der Waals surface area contributed by atoms with Crippen molar-refractivity contribution in [2.45, 2.75) is 19.8 Å². The Morgan fingerprint density at radius 1 is 1.56 bits per heavy atom. The van der Waals surface area contributed by atoms with Gasteiger partial charge in [-0.2, -0.15) is 0 Å². The minimum absolute atomic E-state index is 0.869. The van der Waals surface area contributed by atoms with Gasteiger partial charge < -0.3 is 0 Å². The predicted octanol–water partition coefficient (Wildman–Crippen LogP) is 2.94. The number of hydrogen-bond acceptors (Lipinski definition) is 0. The van der Waals surface area contributed by atoms with E-state index in [0.29, 0.717) is 0 Å². The molecule has 0 aromatic heterocycles. The van der Waals surface area contributed by atoms with Crippen LogP contribution in [0, 0.1) is 13.8 Å². The molecule has 0 bridgehead atoms. The van der Waals surface area contributed by atoms with Gasteiger partial charge in [0.15, 0.2) is 0 Å². The molecule has 0 heterocycles. The Morgan fingerprint density at radius 2 is 2.22 bits per heavy atom. The van der Waals surface area contributed by atoms with Crippen molar-refractivity contribution in [3.05, 3.63) is 37.6 Å². The molecule has 0 N–H and O–H groups in total. The zero-order chi connectivity index (χ0) is 7.11. The van der Waals surface area contributed by atoms with Crippen LogP contribution in [-0.2, 0) is 0 Å². The van der Waals surface area contributed by atoms with Crippen LogP contribution >= 0.6 is 0 Å². The lowest BCUT2D eigenvalue weighted by atomic mass is 10.1. The lowest BCUT2D eigenvalue weighted by Crippen LogP contribution is -1.72. The van der Waals surface area contributed by atoms with E-state index in [1.54, 1.807) is 0 Å².